The summed E-state index contributed by atoms with van der Waals surface area (Å²) in [5.74, 6) is -0.555. The quantitative estimate of drug-likeness (QED) is 0.457. The van der Waals surface area contributed by atoms with Crippen LogP contribution in [0.4, 0.5) is 0 Å². The van der Waals surface area contributed by atoms with Crippen molar-refractivity contribution < 1.29 is 18.7 Å². The second-order valence-electron chi connectivity index (χ2n) is 6.22. The fraction of sp³-hybridized carbons (Fsp3) is 0.316. The normalized spacial score (nSPS) is 16.9. The van der Waals surface area contributed by atoms with Crippen LogP contribution in [0, 0.1) is 6.92 Å². The first-order valence-corrected chi connectivity index (χ1v) is 8.79. The van der Waals surface area contributed by atoms with Crippen LogP contribution in [-0.2, 0) is 14.3 Å². The third-order valence-corrected chi connectivity index (χ3v) is 4.50. The molecule has 1 atom stereocenters. The van der Waals surface area contributed by atoms with Gasteiger partial charge in [0.15, 0.2) is 10.5 Å². The van der Waals surface area contributed by atoms with Gasteiger partial charge in [-0.15, -0.1) is 0 Å². The first kappa shape index (κ1) is 19.1. The van der Waals surface area contributed by atoms with Crippen molar-refractivity contribution in [2.24, 2.45) is 0 Å². The van der Waals surface area contributed by atoms with Crippen LogP contribution >= 0.6 is 12.2 Å². The van der Waals surface area contributed by atoms with Gasteiger partial charge in [0.05, 0.1) is 29.2 Å². The predicted octanol–water partition coefficient (Wildman–Crippen LogP) is 2.08. The van der Waals surface area contributed by atoms with Crippen LogP contribution in [0.25, 0.3) is 11.0 Å². The average Bonchev–Trinajstić information content (AvgIpc) is 2.62. The molecule has 1 aromatic heterocycles. The van der Waals surface area contributed by atoms with Crippen molar-refractivity contribution in [3.8, 4) is 0 Å². The Morgan fingerprint density at radius 3 is 2.81 bits per heavy atom. The van der Waals surface area contributed by atoms with Gasteiger partial charge in [0.25, 0.3) is 0 Å². The molecule has 0 fully saturated rings. The molecule has 0 saturated carbocycles. The third kappa shape index (κ3) is 3.86. The van der Waals surface area contributed by atoms with Gasteiger partial charge in [-0.2, -0.15) is 0 Å². The second kappa shape index (κ2) is 7.89. The molecule has 1 unspecified atom stereocenters. The number of thiocarbonyl (C=S) groups is 1. The second-order valence-corrected chi connectivity index (χ2v) is 6.63. The zero-order chi connectivity index (χ0) is 19.6. The molecule has 142 valence electrons. The molecule has 2 N–H and O–H groups in total. The minimum absolute atomic E-state index is 0.106. The van der Waals surface area contributed by atoms with Crippen LogP contribution in [0.15, 0.2) is 44.9 Å². The Morgan fingerprint density at radius 2 is 2.07 bits per heavy atom. The number of benzene rings is 1. The van der Waals surface area contributed by atoms with Gasteiger partial charge in [-0.25, -0.2) is 4.79 Å². The number of fused-ring (bicyclic) bond motifs is 1. The van der Waals surface area contributed by atoms with Crippen molar-refractivity contribution in [3.05, 3.63) is 57.1 Å². The molecule has 3 rings (SSSR count). The summed E-state index contributed by atoms with van der Waals surface area (Å²) in [5.41, 5.74) is 2.28. The molecular weight excluding hydrogens is 368 g/mol. The molecular formula is C19H20N2O5S. The van der Waals surface area contributed by atoms with Gasteiger partial charge in [-0.3, -0.25) is 4.79 Å². The minimum atomic E-state index is -0.769. The zero-order valence-electron chi connectivity index (χ0n) is 15.3. The summed E-state index contributed by atoms with van der Waals surface area (Å²) in [7, 11) is 1.52. The predicted molar refractivity (Wildman–Crippen MR) is 104 cm³/mol. The molecule has 0 spiro atoms. The summed E-state index contributed by atoms with van der Waals surface area (Å²) < 4.78 is 15.8. The summed E-state index contributed by atoms with van der Waals surface area (Å²) >= 11 is 5.20. The lowest BCUT2D eigenvalue weighted by atomic mass is 9.95. The first-order chi connectivity index (χ1) is 12.9. The number of allylic oxidation sites excluding steroid dienone is 1. The zero-order valence-corrected chi connectivity index (χ0v) is 16.1. The Kier molecular flexibility index (Phi) is 5.57. The molecule has 1 aliphatic rings. The standard InChI is InChI=1S/C19H20N2O5S/c1-10-4-5-14-12(8-10)17(22)13(9-26-14)16-15(11(2)20-19(27)21-16)18(23)25-7-6-24-3/h4-5,8-9,16H,6-7H2,1-3H3,(H2,20,21,27). The number of methoxy groups -OCH3 is 1. The van der Waals surface area contributed by atoms with Crippen LogP contribution in [0.5, 0.6) is 0 Å². The van der Waals surface area contributed by atoms with Gasteiger partial charge < -0.3 is 24.5 Å². The maximum Gasteiger partial charge on any atom is 0.338 e. The third-order valence-electron chi connectivity index (χ3n) is 4.28. The van der Waals surface area contributed by atoms with Crippen LogP contribution in [0.3, 0.4) is 0 Å². The van der Waals surface area contributed by atoms with Crippen molar-refractivity contribution in [2.45, 2.75) is 19.9 Å². The molecule has 0 bridgehead atoms. The van der Waals surface area contributed by atoms with Crippen molar-refractivity contribution in [3.63, 3.8) is 0 Å². The number of rotatable bonds is 5. The summed E-state index contributed by atoms with van der Waals surface area (Å²) in [6, 6.07) is 4.61. The molecule has 0 amide bonds. The van der Waals surface area contributed by atoms with E-state index in [4.69, 9.17) is 26.1 Å². The highest BCUT2D eigenvalue weighted by atomic mass is 32.1. The molecule has 1 aromatic carbocycles. The van der Waals surface area contributed by atoms with Gasteiger partial charge in [-0.1, -0.05) is 11.6 Å². The van der Waals surface area contributed by atoms with E-state index in [0.29, 0.717) is 21.8 Å². The molecule has 0 saturated heterocycles. The molecule has 2 heterocycles. The number of nitrogens with one attached hydrogen (secondary N) is 2. The highest BCUT2D eigenvalue weighted by Crippen LogP contribution is 2.27. The number of ether oxygens (including phenoxy) is 2. The highest BCUT2D eigenvalue weighted by Gasteiger charge is 2.33. The van der Waals surface area contributed by atoms with E-state index in [1.165, 1.54) is 13.4 Å². The molecule has 1 aliphatic heterocycles. The SMILES string of the molecule is COCCOC(=O)C1=C(C)NC(=S)NC1c1coc2ccc(C)cc2c1=O. The lowest BCUT2D eigenvalue weighted by molar-refractivity contribution is -0.140. The van der Waals surface area contributed by atoms with Crippen molar-refractivity contribution in [1.82, 2.24) is 10.6 Å². The summed E-state index contributed by atoms with van der Waals surface area (Å²) in [6.07, 6.45) is 1.36. The van der Waals surface area contributed by atoms with Crippen LogP contribution in [0.1, 0.15) is 24.1 Å². The van der Waals surface area contributed by atoms with E-state index in [2.05, 4.69) is 10.6 Å². The number of hydrogen-bond donors (Lipinski definition) is 2. The monoisotopic (exact) mass is 388 g/mol. The van der Waals surface area contributed by atoms with Gasteiger partial charge in [-0.05, 0) is 38.2 Å². The number of aryl methyl sites for hydroxylation is 1. The van der Waals surface area contributed by atoms with Gasteiger partial charge in [0.2, 0.25) is 0 Å². The highest BCUT2D eigenvalue weighted by molar-refractivity contribution is 7.80. The van der Waals surface area contributed by atoms with E-state index in [0.717, 1.165) is 5.56 Å². The molecule has 2 aromatic rings. The summed E-state index contributed by atoms with van der Waals surface area (Å²) in [4.78, 5) is 25.7. The van der Waals surface area contributed by atoms with Gasteiger partial charge in [0.1, 0.15) is 18.5 Å². The van der Waals surface area contributed by atoms with E-state index < -0.39 is 12.0 Å². The van der Waals surface area contributed by atoms with E-state index in [1.807, 2.05) is 13.0 Å². The minimum Gasteiger partial charge on any atom is -0.464 e. The lowest BCUT2D eigenvalue weighted by Gasteiger charge is -2.29. The Bertz CT molecular complexity index is 995. The Morgan fingerprint density at radius 1 is 1.30 bits per heavy atom. The number of carbonyl (C=O) groups is 1. The smallest absolute Gasteiger partial charge is 0.338 e. The molecule has 7 nitrogen and oxygen atoms in total. The van der Waals surface area contributed by atoms with Crippen LogP contribution in [-0.4, -0.2) is 31.4 Å². The number of carbonyl (C=O) groups excluding carboxylic acids is 1. The maximum absolute atomic E-state index is 13.1. The van der Waals surface area contributed by atoms with Crippen molar-refractivity contribution >= 4 is 34.3 Å². The summed E-state index contributed by atoms with van der Waals surface area (Å²) in [5, 5.41) is 6.64. The lowest BCUT2D eigenvalue weighted by Crippen LogP contribution is -2.46. The van der Waals surface area contributed by atoms with Crippen LogP contribution < -0.4 is 16.1 Å². The van der Waals surface area contributed by atoms with Gasteiger partial charge >= 0.3 is 5.97 Å². The Labute approximate surface area is 161 Å². The first-order valence-electron chi connectivity index (χ1n) is 8.38. The van der Waals surface area contributed by atoms with E-state index in [-0.39, 0.29) is 29.8 Å². The maximum atomic E-state index is 13.1. The fourth-order valence-electron chi connectivity index (χ4n) is 2.95. The molecule has 27 heavy (non-hydrogen) atoms. The van der Waals surface area contributed by atoms with Crippen molar-refractivity contribution in [2.75, 3.05) is 20.3 Å². The number of hydrogen-bond acceptors (Lipinski definition) is 6. The average molecular weight is 388 g/mol. The van der Waals surface area contributed by atoms with E-state index >= 15 is 0 Å². The topological polar surface area (TPSA) is 89.8 Å². The molecule has 8 heteroatoms. The number of esters is 1. The van der Waals surface area contributed by atoms with Crippen LogP contribution in [0.2, 0.25) is 0 Å². The Balaban J connectivity index is 2.07. The fourth-order valence-corrected chi connectivity index (χ4v) is 3.22. The van der Waals surface area contributed by atoms with E-state index in [1.54, 1.807) is 19.1 Å². The summed E-state index contributed by atoms with van der Waals surface area (Å²) in [6.45, 7) is 3.99. The molecule has 0 radical (unpaired) electrons. The van der Waals surface area contributed by atoms with E-state index in [9.17, 15) is 9.59 Å². The van der Waals surface area contributed by atoms with Crippen molar-refractivity contribution in [1.29, 1.82) is 0 Å². The van der Waals surface area contributed by atoms with Gasteiger partial charge in [0, 0.05) is 12.8 Å². The largest absolute Gasteiger partial charge is 0.464 e. The Hall–Kier alpha value is -2.71. The molecule has 0 aliphatic carbocycles.